The number of carbonyl (C=O) groups is 1. The van der Waals surface area contributed by atoms with Gasteiger partial charge in [-0.2, -0.15) is 0 Å². The summed E-state index contributed by atoms with van der Waals surface area (Å²) in [6.45, 7) is 3.77. The van der Waals surface area contributed by atoms with Crippen molar-refractivity contribution in [1.82, 2.24) is 10.2 Å². The fourth-order valence-electron chi connectivity index (χ4n) is 2.42. The molecule has 0 radical (unpaired) electrons. The molecule has 1 aliphatic heterocycles. The molecule has 1 heterocycles. The van der Waals surface area contributed by atoms with Gasteiger partial charge in [0.15, 0.2) is 0 Å². The Morgan fingerprint density at radius 3 is 2.91 bits per heavy atom. The van der Waals surface area contributed by atoms with Crippen molar-refractivity contribution in [2.75, 3.05) is 39.4 Å². The molecule has 1 amide bonds. The minimum atomic E-state index is -0.587. The first-order chi connectivity index (χ1) is 10.6. The van der Waals surface area contributed by atoms with Crippen molar-refractivity contribution < 1.29 is 19.0 Å². The Balaban J connectivity index is 1.62. The highest BCUT2D eigenvalue weighted by molar-refractivity contribution is 5.76. The van der Waals surface area contributed by atoms with E-state index in [9.17, 15) is 14.3 Å². The Morgan fingerprint density at radius 2 is 2.18 bits per heavy atom. The molecule has 1 unspecified atom stereocenters. The van der Waals surface area contributed by atoms with E-state index in [4.69, 9.17) is 4.74 Å². The topological polar surface area (TPSA) is 61.8 Å². The van der Waals surface area contributed by atoms with E-state index in [2.05, 4.69) is 10.2 Å². The van der Waals surface area contributed by atoms with E-state index in [1.807, 2.05) is 0 Å². The van der Waals surface area contributed by atoms with E-state index < -0.39 is 6.10 Å². The number of morpholine rings is 1. The van der Waals surface area contributed by atoms with Gasteiger partial charge >= 0.3 is 0 Å². The average Bonchev–Trinajstić information content (AvgIpc) is 2.52. The maximum atomic E-state index is 13.0. The zero-order valence-corrected chi connectivity index (χ0v) is 12.6. The zero-order valence-electron chi connectivity index (χ0n) is 12.6. The summed E-state index contributed by atoms with van der Waals surface area (Å²) in [6.07, 6.45) is 0.188. The molecule has 0 aliphatic carbocycles. The first kappa shape index (κ1) is 16.9. The van der Waals surface area contributed by atoms with Crippen LogP contribution in [0.2, 0.25) is 0 Å². The number of nitrogens with zero attached hydrogens (tertiary/aromatic N) is 1. The predicted molar refractivity (Wildman–Crippen MR) is 81.0 cm³/mol. The van der Waals surface area contributed by atoms with Crippen LogP contribution in [0.5, 0.6) is 0 Å². The molecule has 1 atom stereocenters. The fourth-order valence-corrected chi connectivity index (χ4v) is 2.42. The summed E-state index contributed by atoms with van der Waals surface area (Å²) >= 11 is 0. The van der Waals surface area contributed by atoms with Gasteiger partial charge in [-0.15, -0.1) is 0 Å². The summed E-state index contributed by atoms with van der Waals surface area (Å²) in [5, 5.41) is 12.6. The Kier molecular flexibility index (Phi) is 6.76. The molecule has 1 aromatic rings. The van der Waals surface area contributed by atoms with Crippen LogP contribution < -0.4 is 5.32 Å². The van der Waals surface area contributed by atoms with Crippen molar-refractivity contribution in [3.8, 4) is 0 Å². The number of ether oxygens (including phenoxy) is 1. The lowest BCUT2D eigenvalue weighted by molar-refractivity contribution is -0.121. The third-order valence-electron chi connectivity index (χ3n) is 3.64. The SMILES string of the molecule is O=C(CCc1cccc(F)c1)NCC(O)CN1CCOCC1. The van der Waals surface area contributed by atoms with Gasteiger partial charge in [-0.1, -0.05) is 12.1 Å². The number of carbonyl (C=O) groups excluding carboxylic acids is 1. The van der Waals surface area contributed by atoms with Crippen LogP contribution in [0.1, 0.15) is 12.0 Å². The van der Waals surface area contributed by atoms with E-state index >= 15 is 0 Å². The van der Waals surface area contributed by atoms with E-state index in [0.717, 1.165) is 18.7 Å². The van der Waals surface area contributed by atoms with Crippen LogP contribution in [0, 0.1) is 5.82 Å². The Labute approximate surface area is 130 Å². The molecule has 0 bridgehead atoms. The lowest BCUT2D eigenvalue weighted by atomic mass is 10.1. The second-order valence-corrected chi connectivity index (χ2v) is 5.50. The number of halogens is 1. The number of aliphatic hydroxyl groups excluding tert-OH is 1. The van der Waals surface area contributed by atoms with Gasteiger partial charge in [0.25, 0.3) is 0 Å². The van der Waals surface area contributed by atoms with Crippen LogP contribution in [-0.2, 0) is 16.0 Å². The Hall–Kier alpha value is -1.50. The molecule has 2 N–H and O–H groups in total. The molecule has 6 heteroatoms. The molecule has 122 valence electrons. The third-order valence-corrected chi connectivity index (χ3v) is 3.64. The standard InChI is InChI=1S/C16H23FN2O3/c17-14-3-1-2-13(10-14)4-5-16(21)18-11-15(20)12-19-6-8-22-9-7-19/h1-3,10,15,20H,4-9,11-12H2,(H,18,21). The number of amides is 1. The number of rotatable bonds is 7. The van der Waals surface area contributed by atoms with Gasteiger partial charge < -0.3 is 15.2 Å². The van der Waals surface area contributed by atoms with Gasteiger partial charge in [0.1, 0.15) is 5.82 Å². The third kappa shape index (κ3) is 6.09. The number of benzene rings is 1. The van der Waals surface area contributed by atoms with Gasteiger partial charge in [0, 0.05) is 32.6 Å². The maximum Gasteiger partial charge on any atom is 0.220 e. The second-order valence-electron chi connectivity index (χ2n) is 5.50. The molecule has 0 aromatic heterocycles. The highest BCUT2D eigenvalue weighted by Crippen LogP contribution is 2.06. The first-order valence-corrected chi connectivity index (χ1v) is 7.63. The highest BCUT2D eigenvalue weighted by Gasteiger charge is 2.15. The van der Waals surface area contributed by atoms with E-state index in [1.165, 1.54) is 12.1 Å². The summed E-state index contributed by atoms with van der Waals surface area (Å²) in [4.78, 5) is 13.9. The molecular formula is C16H23FN2O3. The summed E-state index contributed by atoms with van der Waals surface area (Å²) < 4.78 is 18.3. The van der Waals surface area contributed by atoms with Crippen molar-refractivity contribution in [1.29, 1.82) is 0 Å². The largest absolute Gasteiger partial charge is 0.390 e. The monoisotopic (exact) mass is 310 g/mol. The molecule has 0 spiro atoms. The second kappa shape index (κ2) is 8.82. The minimum absolute atomic E-state index is 0.134. The number of aryl methyl sites for hydroxylation is 1. The molecular weight excluding hydrogens is 287 g/mol. The molecule has 22 heavy (non-hydrogen) atoms. The number of hydrogen-bond acceptors (Lipinski definition) is 4. The molecule has 1 fully saturated rings. The minimum Gasteiger partial charge on any atom is -0.390 e. The zero-order chi connectivity index (χ0) is 15.8. The summed E-state index contributed by atoms with van der Waals surface area (Å²) in [6, 6.07) is 6.24. The quantitative estimate of drug-likeness (QED) is 0.773. The number of nitrogens with one attached hydrogen (secondary N) is 1. The molecule has 5 nitrogen and oxygen atoms in total. The number of hydrogen-bond donors (Lipinski definition) is 2. The maximum absolute atomic E-state index is 13.0. The number of aliphatic hydroxyl groups is 1. The highest BCUT2D eigenvalue weighted by atomic mass is 19.1. The van der Waals surface area contributed by atoms with Gasteiger partial charge in [0.2, 0.25) is 5.91 Å². The predicted octanol–water partition coefficient (Wildman–Crippen LogP) is 0.568. The van der Waals surface area contributed by atoms with Gasteiger partial charge in [-0.3, -0.25) is 9.69 Å². The van der Waals surface area contributed by atoms with Crippen LogP contribution in [0.4, 0.5) is 4.39 Å². The fraction of sp³-hybridized carbons (Fsp3) is 0.562. The van der Waals surface area contributed by atoms with Gasteiger partial charge in [-0.25, -0.2) is 4.39 Å². The van der Waals surface area contributed by atoms with E-state index in [0.29, 0.717) is 26.2 Å². The lowest BCUT2D eigenvalue weighted by Gasteiger charge is -2.28. The van der Waals surface area contributed by atoms with Crippen LogP contribution in [0.15, 0.2) is 24.3 Å². The average molecular weight is 310 g/mol. The molecule has 0 saturated carbocycles. The summed E-state index contributed by atoms with van der Waals surface area (Å²) in [5.74, 6) is -0.427. The van der Waals surface area contributed by atoms with Crippen LogP contribution in [-0.4, -0.2) is 61.4 Å². The van der Waals surface area contributed by atoms with Crippen molar-refractivity contribution in [3.05, 3.63) is 35.6 Å². The van der Waals surface area contributed by atoms with Crippen LogP contribution >= 0.6 is 0 Å². The Bertz CT molecular complexity index is 478. The smallest absolute Gasteiger partial charge is 0.220 e. The van der Waals surface area contributed by atoms with Crippen molar-refractivity contribution in [2.45, 2.75) is 18.9 Å². The van der Waals surface area contributed by atoms with Crippen molar-refractivity contribution in [2.24, 2.45) is 0 Å². The van der Waals surface area contributed by atoms with Crippen molar-refractivity contribution >= 4 is 5.91 Å². The summed E-state index contributed by atoms with van der Waals surface area (Å²) in [7, 11) is 0. The molecule has 1 saturated heterocycles. The lowest BCUT2D eigenvalue weighted by Crippen LogP contribution is -2.44. The number of β-amino-alcohol motifs (C(OH)–C–C–N with tert-alkyl or cyclic N) is 1. The van der Waals surface area contributed by atoms with Crippen molar-refractivity contribution in [3.63, 3.8) is 0 Å². The molecule has 1 aliphatic rings. The van der Waals surface area contributed by atoms with Gasteiger partial charge in [0.05, 0.1) is 19.3 Å². The summed E-state index contributed by atoms with van der Waals surface area (Å²) in [5.41, 5.74) is 0.795. The van der Waals surface area contributed by atoms with E-state index in [1.54, 1.807) is 12.1 Å². The Morgan fingerprint density at radius 1 is 1.41 bits per heavy atom. The van der Waals surface area contributed by atoms with Crippen LogP contribution in [0.25, 0.3) is 0 Å². The normalized spacial score (nSPS) is 17.2. The first-order valence-electron chi connectivity index (χ1n) is 7.63. The van der Waals surface area contributed by atoms with Crippen LogP contribution in [0.3, 0.4) is 0 Å². The van der Waals surface area contributed by atoms with E-state index in [-0.39, 0.29) is 24.7 Å². The molecule has 2 rings (SSSR count). The van der Waals surface area contributed by atoms with Gasteiger partial charge in [-0.05, 0) is 24.1 Å². The molecule has 1 aromatic carbocycles.